The molecule has 0 saturated heterocycles. The Labute approximate surface area is 220 Å². The topological polar surface area (TPSA) is 93.7 Å². The summed E-state index contributed by atoms with van der Waals surface area (Å²) in [7, 11) is 0. The first-order valence-corrected chi connectivity index (χ1v) is 13.3. The maximum atomic E-state index is 13.5. The van der Waals surface area contributed by atoms with E-state index in [2.05, 4.69) is 10.6 Å². The van der Waals surface area contributed by atoms with Crippen molar-refractivity contribution in [2.75, 3.05) is 0 Å². The second kappa shape index (κ2) is 14.4. The van der Waals surface area contributed by atoms with Gasteiger partial charge in [-0.05, 0) is 56.1 Å². The number of nitrogens with one attached hydrogen (secondary N) is 2. The van der Waals surface area contributed by atoms with Crippen molar-refractivity contribution in [3.63, 3.8) is 0 Å². The van der Waals surface area contributed by atoms with Crippen molar-refractivity contribution in [1.29, 1.82) is 0 Å². The van der Waals surface area contributed by atoms with Crippen LogP contribution in [0.5, 0.6) is 0 Å². The molecule has 200 valence electrons. The van der Waals surface area contributed by atoms with E-state index < -0.39 is 30.1 Å². The second-order valence-electron chi connectivity index (χ2n) is 10.3. The summed E-state index contributed by atoms with van der Waals surface area (Å²) in [5, 5.41) is 5.76. The molecule has 2 N–H and O–H groups in total. The smallest absolute Gasteiger partial charge is 0.407 e. The molecular formula is C30H40N2O5. The first-order valence-electron chi connectivity index (χ1n) is 13.3. The molecule has 7 heteroatoms. The Balaban J connectivity index is 1.65. The summed E-state index contributed by atoms with van der Waals surface area (Å²) >= 11 is 0. The minimum absolute atomic E-state index is 0.0888. The Bertz CT molecular complexity index is 990. The van der Waals surface area contributed by atoms with Crippen molar-refractivity contribution >= 4 is 18.0 Å². The van der Waals surface area contributed by atoms with Crippen LogP contribution in [-0.4, -0.2) is 36.2 Å². The number of esters is 1. The van der Waals surface area contributed by atoms with E-state index >= 15 is 0 Å². The summed E-state index contributed by atoms with van der Waals surface area (Å²) < 4.78 is 11.1. The van der Waals surface area contributed by atoms with Crippen molar-refractivity contribution in [2.24, 2.45) is 11.8 Å². The number of carbonyl (C=O) groups excluding carboxylic acids is 3. The lowest BCUT2D eigenvalue weighted by Crippen LogP contribution is -2.51. The van der Waals surface area contributed by atoms with E-state index in [1.165, 1.54) is 0 Å². The van der Waals surface area contributed by atoms with E-state index in [0.717, 1.165) is 36.8 Å². The van der Waals surface area contributed by atoms with Crippen LogP contribution in [0.1, 0.15) is 64.0 Å². The number of benzene rings is 2. The molecule has 2 aromatic rings. The molecule has 3 atom stereocenters. The van der Waals surface area contributed by atoms with Crippen LogP contribution in [0, 0.1) is 11.8 Å². The van der Waals surface area contributed by atoms with E-state index in [0.29, 0.717) is 12.8 Å². The third-order valence-corrected chi connectivity index (χ3v) is 6.69. The van der Waals surface area contributed by atoms with Gasteiger partial charge in [-0.3, -0.25) is 4.79 Å². The summed E-state index contributed by atoms with van der Waals surface area (Å²) in [6, 6.07) is 17.7. The molecule has 2 unspecified atom stereocenters. The third kappa shape index (κ3) is 9.56. The van der Waals surface area contributed by atoms with Crippen molar-refractivity contribution in [2.45, 2.75) is 84.1 Å². The van der Waals surface area contributed by atoms with Crippen LogP contribution in [0.25, 0.3) is 0 Å². The molecule has 0 spiro atoms. The molecular weight excluding hydrogens is 468 g/mol. The summed E-state index contributed by atoms with van der Waals surface area (Å²) in [4.78, 5) is 39.1. The van der Waals surface area contributed by atoms with Gasteiger partial charge in [0.2, 0.25) is 5.91 Å². The zero-order chi connectivity index (χ0) is 26.6. The molecule has 1 aliphatic rings. The molecule has 0 aromatic heterocycles. The van der Waals surface area contributed by atoms with Gasteiger partial charge in [0.1, 0.15) is 18.8 Å². The second-order valence-corrected chi connectivity index (χ2v) is 10.3. The summed E-state index contributed by atoms with van der Waals surface area (Å²) in [5.41, 5.74) is 1.82. The molecule has 0 bridgehead atoms. The Kier molecular flexibility index (Phi) is 11.0. The lowest BCUT2D eigenvalue weighted by atomic mass is 9.90. The van der Waals surface area contributed by atoms with E-state index in [4.69, 9.17) is 9.47 Å². The molecule has 1 saturated carbocycles. The molecule has 2 amide bonds. The van der Waals surface area contributed by atoms with Crippen LogP contribution in [0.3, 0.4) is 0 Å². The third-order valence-electron chi connectivity index (χ3n) is 6.69. The normalized spacial score (nSPS) is 16.0. The zero-order valence-electron chi connectivity index (χ0n) is 22.2. The average molecular weight is 509 g/mol. The van der Waals surface area contributed by atoms with Crippen molar-refractivity contribution in [1.82, 2.24) is 10.6 Å². The number of hydrogen-bond donors (Lipinski definition) is 2. The van der Waals surface area contributed by atoms with Gasteiger partial charge in [-0.2, -0.15) is 0 Å². The highest BCUT2D eigenvalue weighted by molar-refractivity contribution is 5.86. The molecule has 0 radical (unpaired) electrons. The zero-order valence-corrected chi connectivity index (χ0v) is 22.2. The monoisotopic (exact) mass is 508 g/mol. The van der Waals surface area contributed by atoms with Gasteiger partial charge in [0.15, 0.2) is 0 Å². The highest BCUT2D eigenvalue weighted by atomic mass is 16.6. The number of carbonyl (C=O) groups is 3. The lowest BCUT2D eigenvalue weighted by molar-refractivity contribution is -0.153. The minimum Gasteiger partial charge on any atom is -0.461 e. The molecule has 0 aliphatic heterocycles. The van der Waals surface area contributed by atoms with E-state index in [-0.39, 0.29) is 24.5 Å². The van der Waals surface area contributed by atoms with E-state index in [1.54, 1.807) is 6.92 Å². The summed E-state index contributed by atoms with van der Waals surface area (Å²) in [6.07, 6.45) is 4.03. The fourth-order valence-corrected chi connectivity index (χ4v) is 4.67. The van der Waals surface area contributed by atoms with Crippen molar-refractivity contribution in [3.8, 4) is 0 Å². The maximum absolute atomic E-state index is 13.5. The van der Waals surface area contributed by atoms with Crippen LogP contribution in [-0.2, 0) is 32.1 Å². The van der Waals surface area contributed by atoms with Crippen LogP contribution in [0.2, 0.25) is 0 Å². The van der Waals surface area contributed by atoms with E-state index in [9.17, 15) is 14.4 Å². The van der Waals surface area contributed by atoms with Gasteiger partial charge >= 0.3 is 12.1 Å². The van der Waals surface area contributed by atoms with Crippen molar-refractivity contribution < 1.29 is 23.9 Å². The molecule has 1 aliphatic carbocycles. The number of rotatable bonds is 12. The largest absolute Gasteiger partial charge is 0.461 e. The van der Waals surface area contributed by atoms with Crippen LogP contribution >= 0.6 is 0 Å². The molecule has 1 fully saturated rings. The van der Waals surface area contributed by atoms with Crippen LogP contribution in [0.4, 0.5) is 4.79 Å². The predicted molar refractivity (Wildman–Crippen MR) is 143 cm³/mol. The average Bonchev–Trinajstić information content (AvgIpc) is 3.39. The van der Waals surface area contributed by atoms with Gasteiger partial charge in [-0.1, -0.05) is 74.5 Å². The Morgan fingerprint density at radius 3 is 2.05 bits per heavy atom. The Morgan fingerprint density at radius 2 is 1.46 bits per heavy atom. The molecule has 0 heterocycles. The first-order chi connectivity index (χ1) is 17.8. The molecule has 3 rings (SSSR count). The fraction of sp³-hybridized carbons (Fsp3) is 0.500. The SMILES string of the molecule is CC(C)CC(C(=O)N[C@@H](Cc1ccccc1)C(=O)OC1CCCC1)C(C)NC(=O)OCc1ccccc1. The van der Waals surface area contributed by atoms with Gasteiger partial charge in [0.25, 0.3) is 0 Å². The number of hydrogen-bond acceptors (Lipinski definition) is 5. The van der Waals surface area contributed by atoms with Gasteiger partial charge in [0.05, 0.1) is 5.92 Å². The highest BCUT2D eigenvalue weighted by Gasteiger charge is 2.33. The van der Waals surface area contributed by atoms with E-state index in [1.807, 2.05) is 74.5 Å². The highest BCUT2D eigenvalue weighted by Crippen LogP contribution is 2.22. The summed E-state index contributed by atoms with van der Waals surface area (Å²) in [5.74, 6) is -1.02. The Morgan fingerprint density at radius 1 is 0.865 bits per heavy atom. The number of amides is 2. The first kappa shape index (κ1) is 28.2. The summed E-state index contributed by atoms with van der Waals surface area (Å²) in [6.45, 7) is 5.99. The Hall–Kier alpha value is -3.35. The maximum Gasteiger partial charge on any atom is 0.407 e. The van der Waals surface area contributed by atoms with Crippen LogP contribution < -0.4 is 10.6 Å². The van der Waals surface area contributed by atoms with Gasteiger partial charge < -0.3 is 20.1 Å². The molecule has 7 nitrogen and oxygen atoms in total. The van der Waals surface area contributed by atoms with Crippen molar-refractivity contribution in [3.05, 3.63) is 71.8 Å². The van der Waals surface area contributed by atoms with Gasteiger partial charge in [-0.15, -0.1) is 0 Å². The standard InChI is InChI=1S/C30H40N2O5/c1-21(2)18-26(22(3)31-30(35)36-20-24-14-8-5-9-15-24)28(33)32-27(19-23-12-6-4-7-13-23)29(34)37-25-16-10-11-17-25/h4-9,12-15,21-22,25-27H,10-11,16-20H2,1-3H3,(H,31,35)(H,32,33)/t22?,26?,27-/m0/s1. The molecule has 2 aromatic carbocycles. The predicted octanol–water partition coefficient (Wildman–Crippen LogP) is 5.18. The quantitative estimate of drug-likeness (QED) is 0.386. The fourth-order valence-electron chi connectivity index (χ4n) is 4.67. The van der Waals surface area contributed by atoms with Crippen LogP contribution in [0.15, 0.2) is 60.7 Å². The van der Waals surface area contributed by atoms with Gasteiger partial charge in [-0.25, -0.2) is 9.59 Å². The van der Waals surface area contributed by atoms with Gasteiger partial charge in [0, 0.05) is 12.5 Å². The number of ether oxygens (including phenoxy) is 2. The number of alkyl carbamates (subject to hydrolysis) is 1. The minimum atomic E-state index is -0.803. The molecule has 37 heavy (non-hydrogen) atoms. The lowest BCUT2D eigenvalue weighted by Gasteiger charge is -2.28.